The highest BCUT2D eigenvalue weighted by Gasteiger charge is 2.22. The Morgan fingerprint density at radius 3 is 2.12 bits per heavy atom. The molecule has 0 atom stereocenters. The lowest BCUT2D eigenvalue weighted by Gasteiger charge is -2.07. The van der Waals surface area contributed by atoms with Gasteiger partial charge in [0.15, 0.2) is 0 Å². The lowest BCUT2D eigenvalue weighted by Crippen LogP contribution is -2.23. The zero-order chi connectivity index (χ0) is 17.8. The molecule has 4 rings (SSSR count). The Morgan fingerprint density at radius 2 is 1.38 bits per heavy atom. The lowest BCUT2D eigenvalue weighted by atomic mass is 10.0. The van der Waals surface area contributed by atoms with Crippen molar-refractivity contribution in [2.24, 2.45) is 0 Å². The SMILES string of the molecule is O=C(NCc1ccccc1)C1=C/C(=C\c2ccccc2)c2ccccc21. The fourth-order valence-corrected chi connectivity index (χ4v) is 3.19. The predicted octanol–water partition coefficient (Wildman–Crippen LogP) is 4.94. The number of hydrogen-bond donors (Lipinski definition) is 1. The van der Waals surface area contributed by atoms with Crippen LogP contribution in [-0.2, 0) is 11.3 Å². The minimum absolute atomic E-state index is 0.0437. The van der Waals surface area contributed by atoms with Crippen LogP contribution in [0.15, 0.2) is 91.0 Å². The lowest BCUT2D eigenvalue weighted by molar-refractivity contribution is -0.115. The molecule has 1 aliphatic rings. The summed E-state index contributed by atoms with van der Waals surface area (Å²) in [6, 6.07) is 28.2. The van der Waals surface area contributed by atoms with Gasteiger partial charge in [-0.3, -0.25) is 4.79 Å². The first-order valence-electron chi connectivity index (χ1n) is 8.71. The fourth-order valence-electron chi connectivity index (χ4n) is 3.19. The average molecular weight is 337 g/mol. The van der Waals surface area contributed by atoms with E-state index >= 15 is 0 Å². The highest BCUT2D eigenvalue weighted by Crippen LogP contribution is 2.36. The van der Waals surface area contributed by atoms with Gasteiger partial charge in [0, 0.05) is 12.1 Å². The van der Waals surface area contributed by atoms with E-state index < -0.39 is 0 Å². The molecule has 0 aromatic heterocycles. The van der Waals surface area contributed by atoms with Crippen LogP contribution in [-0.4, -0.2) is 5.91 Å². The van der Waals surface area contributed by atoms with Crippen LogP contribution in [0, 0.1) is 0 Å². The fraction of sp³-hybridized carbons (Fsp3) is 0.0417. The molecule has 0 aliphatic heterocycles. The van der Waals surface area contributed by atoms with Gasteiger partial charge in [-0.1, -0.05) is 84.9 Å². The summed E-state index contributed by atoms with van der Waals surface area (Å²) in [6.07, 6.45) is 4.11. The second-order valence-corrected chi connectivity index (χ2v) is 6.28. The Hall–Kier alpha value is -3.39. The molecule has 2 nitrogen and oxygen atoms in total. The Morgan fingerprint density at radius 1 is 0.769 bits per heavy atom. The number of hydrogen-bond acceptors (Lipinski definition) is 1. The van der Waals surface area contributed by atoms with Crippen molar-refractivity contribution in [1.82, 2.24) is 5.32 Å². The first-order valence-corrected chi connectivity index (χ1v) is 8.71. The van der Waals surface area contributed by atoms with Crippen LogP contribution >= 0.6 is 0 Å². The summed E-state index contributed by atoms with van der Waals surface area (Å²) in [7, 11) is 0. The van der Waals surface area contributed by atoms with Gasteiger partial charge in [0.25, 0.3) is 5.91 Å². The first-order chi connectivity index (χ1) is 12.8. The molecule has 0 saturated carbocycles. The van der Waals surface area contributed by atoms with E-state index in [-0.39, 0.29) is 5.91 Å². The molecule has 126 valence electrons. The number of allylic oxidation sites excluding steroid dienone is 2. The van der Waals surface area contributed by atoms with Crippen LogP contribution in [0.5, 0.6) is 0 Å². The quantitative estimate of drug-likeness (QED) is 0.718. The second-order valence-electron chi connectivity index (χ2n) is 6.28. The Bertz CT molecular complexity index is 985. The minimum Gasteiger partial charge on any atom is -0.348 e. The van der Waals surface area contributed by atoms with E-state index in [9.17, 15) is 4.79 Å². The van der Waals surface area contributed by atoms with Crippen LogP contribution in [0.3, 0.4) is 0 Å². The van der Waals surface area contributed by atoms with E-state index in [0.29, 0.717) is 6.54 Å². The van der Waals surface area contributed by atoms with Gasteiger partial charge in [0.1, 0.15) is 0 Å². The highest BCUT2D eigenvalue weighted by molar-refractivity contribution is 6.26. The van der Waals surface area contributed by atoms with Gasteiger partial charge in [-0.2, -0.15) is 0 Å². The summed E-state index contributed by atoms with van der Waals surface area (Å²) in [4.78, 5) is 12.8. The molecule has 0 fully saturated rings. The third-order valence-corrected chi connectivity index (χ3v) is 4.49. The van der Waals surface area contributed by atoms with Crippen LogP contribution in [0.1, 0.15) is 22.3 Å². The molecule has 3 aromatic carbocycles. The first kappa shape index (κ1) is 16.1. The van der Waals surface area contributed by atoms with E-state index in [2.05, 4.69) is 29.6 Å². The number of carbonyl (C=O) groups is 1. The molecule has 1 aliphatic carbocycles. The molecule has 0 spiro atoms. The average Bonchev–Trinajstić information content (AvgIpc) is 3.06. The van der Waals surface area contributed by atoms with Crippen LogP contribution in [0.4, 0.5) is 0 Å². The summed E-state index contributed by atoms with van der Waals surface area (Å²) < 4.78 is 0. The van der Waals surface area contributed by atoms with Gasteiger partial charge in [-0.05, 0) is 40.0 Å². The zero-order valence-corrected chi connectivity index (χ0v) is 14.4. The number of fused-ring (bicyclic) bond motifs is 1. The van der Waals surface area contributed by atoms with Crippen molar-refractivity contribution in [3.63, 3.8) is 0 Å². The second kappa shape index (κ2) is 7.24. The molecule has 0 bridgehead atoms. The van der Waals surface area contributed by atoms with Gasteiger partial charge in [0.05, 0.1) is 0 Å². The molecular weight excluding hydrogens is 318 g/mol. The normalized spacial score (nSPS) is 14.0. The summed E-state index contributed by atoms with van der Waals surface area (Å²) in [5.74, 6) is -0.0437. The van der Waals surface area contributed by atoms with Gasteiger partial charge < -0.3 is 5.32 Å². The summed E-state index contributed by atoms with van der Waals surface area (Å²) in [5.41, 5.74) is 6.09. The van der Waals surface area contributed by atoms with Crippen molar-refractivity contribution < 1.29 is 4.79 Å². The van der Waals surface area contributed by atoms with Crippen LogP contribution in [0.25, 0.3) is 17.2 Å². The topological polar surface area (TPSA) is 29.1 Å². The van der Waals surface area contributed by atoms with Crippen molar-refractivity contribution in [3.05, 3.63) is 113 Å². The standard InChI is InChI=1S/C24H19NO/c26-24(25-17-19-11-5-2-6-12-19)23-16-20(15-18-9-3-1-4-10-18)21-13-7-8-14-22(21)23/h1-16H,17H2,(H,25,26)/b20-15+. The van der Waals surface area contributed by atoms with Crippen molar-refractivity contribution >= 4 is 23.1 Å². The third-order valence-electron chi connectivity index (χ3n) is 4.49. The number of benzene rings is 3. The molecule has 0 radical (unpaired) electrons. The summed E-state index contributed by atoms with van der Waals surface area (Å²) in [5, 5.41) is 3.03. The summed E-state index contributed by atoms with van der Waals surface area (Å²) >= 11 is 0. The number of amides is 1. The largest absolute Gasteiger partial charge is 0.348 e. The summed E-state index contributed by atoms with van der Waals surface area (Å²) in [6.45, 7) is 0.525. The molecule has 0 saturated heterocycles. The monoisotopic (exact) mass is 337 g/mol. The van der Waals surface area contributed by atoms with E-state index in [1.807, 2.05) is 72.8 Å². The molecule has 26 heavy (non-hydrogen) atoms. The Kier molecular flexibility index (Phi) is 4.48. The van der Waals surface area contributed by atoms with Gasteiger partial charge >= 0.3 is 0 Å². The molecule has 0 heterocycles. The van der Waals surface area contributed by atoms with Crippen LogP contribution in [0.2, 0.25) is 0 Å². The third kappa shape index (κ3) is 3.35. The van der Waals surface area contributed by atoms with Gasteiger partial charge in [0.2, 0.25) is 0 Å². The molecule has 1 amide bonds. The van der Waals surface area contributed by atoms with Crippen molar-refractivity contribution in [3.8, 4) is 0 Å². The van der Waals surface area contributed by atoms with Crippen molar-refractivity contribution in [2.45, 2.75) is 6.54 Å². The van der Waals surface area contributed by atoms with Crippen molar-refractivity contribution in [2.75, 3.05) is 0 Å². The van der Waals surface area contributed by atoms with E-state index in [0.717, 1.165) is 33.4 Å². The number of nitrogens with one attached hydrogen (secondary N) is 1. The maximum atomic E-state index is 12.8. The van der Waals surface area contributed by atoms with Gasteiger partial charge in [-0.15, -0.1) is 0 Å². The van der Waals surface area contributed by atoms with Crippen LogP contribution < -0.4 is 5.32 Å². The maximum absolute atomic E-state index is 12.8. The molecular formula is C24H19NO. The molecule has 1 N–H and O–H groups in total. The van der Waals surface area contributed by atoms with E-state index in [1.165, 1.54) is 0 Å². The maximum Gasteiger partial charge on any atom is 0.252 e. The minimum atomic E-state index is -0.0437. The Labute approximate surface area is 153 Å². The Balaban J connectivity index is 1.62. The molecule has 3 aromatic rings. The van der Waals surface area contributed by atoms with E-state index in [1.54, 1.807) is 0 Å². The zero-order valence-electron chi connectivity index (χ0n) is 14.4. The molecule has 0 unspecified atom stereocenters. The highest BCUT2D eigenvalue weighted by atomic mass is 16.1. The number of rotatable bonds is 4. The van der Waals surface area contributed by atoms with Crippen molar-refractivity contribution in [1.29, 1.82) is 0 Å². The number of carbonyl (C=O) groups excluding carboxylic acids is 1. The predicted molar refractivity (Wildman–Crippen MR) is 107 cm³/mol. The molecule has 2 heteroatoms. The smallest absolute Gasteiger partial charge is 0.252 e. The van der Waals surface area contributed by atoms with Gasteiger partial charge in [-0.25, -0.2) is 0 Å². The van der Waals surface area contributed by atoms with E-state index in [4.69, 9.17) is 0 Å².